The summed E-state index contributed by atoms with van der Waals surface area (Å²) >= 11 is 0. The molecular weight excluding hydrogens is 232 g/mol. The molecule has 0 aliphatic carbocycles. The number of hydrogen-bond donors (Lipinski definition) is 1. The Hall–Kier alpha value is -1.67. The Morgan fingerprint density at radius 3 is 2.21 bits per heavy atom. The highest BCUT2D eigenvalue weighted by Crippen LogP contribution is 2.18. The van der Waals surface area contributed by atoms with E-state index in [9.17, 15) is 0 Å². The summed E-state index contributed by atoms with van der Waals surface area (Å²) in [6, 6.07) is 8.96. The summed E-state index contributed by atoms with van der Waals surface area (Å²) in [5, 5.41) is 3.59. The zero-order valence-corrected chi connectivity index (χ0v) is 12.2. The maximum Gasteiger partial charge on any atom is 0.0296 e. The van der Waals surface area contributed by atoms with Gasteiger partial charge in [0.15, 0.2) is 0 Å². The van der Waals surface area contributed by atoms with Gasteiger partial charge in [0.25, 0.3) is 0 Å². The van der Waals surface area contributed by atoms with Crippen molar-refractivity contribution in [2.45, 2.75) is 40.3 Å². The van der Waals surface area contributed by atoms with Crippen LogP contribution < -0.4 is 5.32 Å². The number of hydrogen-bond acceptors (Lipinski definition) is 2. The molecule has 0 saturated carbocycles. The molecular formula is C17H22N2. The third-order valence-corrected chi connectivity index (χ3v) is 3.63. The van der Waals surface area contributed by atoms with Crippen LogP contribution in [-0.2, 0) is 6.54 Å². The Balaban J connectivity index is 2.07. The minimum Gasteiger partial charge on any atom is -0.306 e. The molecule has 2 aromatic rings. The lowest BCUT2D eigenvalue weighted by Gasteiger charge is -2.17. The molecule has 0 unspecified atom stereocenters. The van der Waals surface area contributed by atoms with E-state index in [0.29, 0.717) is 6.04 Å². The molecule has 0 radical (unpaired) electrons. The molecule has 0 spiro atoms. The number of nitrogens with one attached hydrogen (secondary N) is 1. The number of pyridine rings is 1. The minimum atomic E-state index is 0.336. The van der Waals surface area contributed by atoms with Crippen LogP contribution in [0, 0.1) is 20.8 Å². The molecule has 1 heterocycles. The van der Waals surface area contributed by atoms with Crippen LogP contribution in [0.15, 0.2) is 36.7 Å². The maximum absolute atomic E-state index is 4.06. The number of rotatable bonds is 4. The number of aryl methyl sites for hydroxylation is 3. The Labute approximate surface area is 115 Å². The molecule has 2 rings (SSSR count). The van der Waals surface area contributed by atoms with Gasteiger partial charge in [0.05, 0.1) is 0 Å². The van der Waals surface area contributed by atoms with Crippen LogP contribution in [0.1, 0.15) is 40.8 Å². The summed E-state index contributed by atoms with van der Waals surface area (Å²) in [6.45, 7) is 9.62. The molecule has 1 N–H and O–H groups in total. The summed E-state index contributed by atoms with van der Waals surface area (Å²) in [5.74, 6) is 0. The van der Waals surface area contributed by atoms with Gasteiger partial charge in [0.1, 0.15) is 0 Å². The normalized spacial score (nSPS) is 12.4. The number of nitrogens with zero attached hydrogens (tertiary/aromatic N) is 1. The molecule has 1 aromatic heterocycles. The molecule has 2 nitrogen and oxygen atoms in total. The van der Waals surface area contributed by atoms with Gasteiger partial charge in [0, 0.05) is 25.0 Å². The summed E-state index contributed by atoms with van der Waals surface area (Å²) in [5.41, 5.74) is 6.75. The maximum atomic E-state index is 4.06. The van der Waals surface area contributed by atoms with Gasteiger partial charge in [-0.25, -0.2) is 0 Å². The highest BCUT2D eigenvalue weighted by molar-refractivity contribution is 5.37. The van der Waals surface area contributed by atoms with E-state index in [0.717, 1.165) is 6.54 Å². The van der Waals surface area contributed by atoms with Crippen LogP contribution in [-0.4, -0.2) is 4.98 Å². The average molecular weight is 254 g/mol. The first-order chi connectivity index (χ1) is 9.08. The second-order valence-corrected chi connectivity index (χ2v) is 5.26. The Bertz CT molecular complexity index is 523. The number of benzene rings is 1. The van der Waals surface area contributed by atoms with E-state index < -0.39 is 0 Å². The topological polar surface area (TPSA) is 24.9 Å². The lowest BCUT2D eigenvalue weighted by Crippen LogP contribution is -2.19. The molecule has 0 bridgehead atoms. The second kappa shape index (κ2) is 5.98. The van der Waals surface area contributed by atoms with Crippen molar-refractivity contribution in [1.82, 2.24) is 10.3 Å². The van der Waals surface area contributed by atoms with Gasteiger partial charge in [-0.3, -0.25) is 4.98 Å². The molecule has 1 aromatic carbocycles. The molecule has 0 aliphatic rings. The smallest absolute Gasteiger partial charge is 0.0296 e. The fourth-order valence-electron chi connectivity index (χ4n) is 2.51. The summed E-state index contributed by atoms with van der Waals surface area (Å²) in [6.07, 6.45) is 3.69. The molecule has 0 saturated heterocycles. The van der Waals surface area contributed by atoms with Gasteiger partial charge in [-0.05, 0) is 62.1 Å². The van der Waals surface area contributed by atoms with E-state index in [1.807, 2.05) is 12.4 Å². The summed E-state index contributed by atoms with van der Waals surface area (Å²) in [7, 11) is 0. The van der Waals surface area contributed by atoms with Crippen molar-refractivity contribution >= 4 is 0 Å². The molecule has 0 amide bonds. The molecule has 0 fully saturated rings. The Morgan fingerprint density at radius 1 is 1.05 bits per heavy atom. The van der Waals surface area contributed by atoms with Crippen LogP contribution in [0.3, 0.4) is 0 Å². The highest BCUT2D eigenvalue weighted by atomic mass is 14.9. The van der Waals surface area contributed by atoms with Crippen molar-refractivity contribution in [2.75, 3.05) is 0 Å². The van der Waals surface area contributed by atoms with Crippen LogP contribution in [0.2, 0.25) is 0 Å². The summed E-state index contributed by atoms with van der Waals surface area (Å²) in [4.78, 5) is 4.06. The molecule has 1 atom stereocenters. The van der Waals surface area contributed by atoms with E-state index in [1.54, 1.807) is 0 Å². The van der Waals surface area contributed by atoms with Gasteiger partial charge in [0.2, 0.25) is 0 Å². The summed E-state index contributed by atoms with van der Waals surface area (Å²) < 4.78 is 0. The third-order valence-electron chi connectivity index (χ3n) is 3.63. The lowest BCUT2D eigenvalue weighted by molar-refractivity contribution is 0.571. The molecule has 2 heteroatoms. The van der Waals surface area contributed by atoms with Crippen LogP contribution >= 0.6 is 0 Å². The first-order valence-corrected chi connectivity index (χ1v) is 6.78. The van der Waals surface area contributed by atoms with Gasteiger partial charge in [-0.15, -0.1) is 0 Å². The Kier molecular flexibility index (Phi) is 4.33. The van der Waals surface area contributed by atoms with Crippen molar-refractivity contribution < 1.29 is 0 Å². The minimum absolute atomic E-state index is 0.336. The first kappa shape index (κ1) is 13.8. The van der Waals surface area contributed by atoms with Gasteiger partial charge in [-0.2, -0.15) is 0 Å². The molecule has 100 valence electrons. The van der Waals surface area contributed by atoms with E-state index in [2.05, 4.69) is 62.3 Å². The monoisotopic (exact) mass is 254 g/mol. The van der Waals surface area contributed by atoms with E-state index in [-0.39, 0.29) is 0 Å². The largest absolute Gasteiger partial charge is 0.306 e. The van der Waals surface area contributed by atoms with Crippen molar-refractivity contribution in [2.24, 2.45) is 0 Å². The predicted octanol–water partition coefficient (Wildman–Crippen LogP) is 3.86. The fourth-order valence-corrected chi connectivity index (χ4v) is 2.51. The van der Waals surface area contributed by atoms with Gasteiger partial charge in [-0.1, -0.05) is 17.7 Å². The highest BCUT2D eigenvalue weighted by Gasteiger charge is 2.07. The third kappa shape index (κ3) is 3.42. The first-order valence-electron chi connectivity index (χ1n) is 6.78. The zero-order valence-electron chi connectivity index (χ0n) is 12.2. The SMILES string of the molecule is Cc1cc(C)c(CN[C@H](C)c2ccncc2)c(C)c1. The van der Waals surface area contributed by atoms with Crippen LogP contribution in [0.5, 0.6) is 0 Å². The second-order valence-electron chi connectivity index (χ2n) is 5.26. The lowest BCUT2D eigenvalue weighted by atomic mass is 9.99. The predicted molar refractivity (Wildman–Crippen MR) is 80.1 cm³/mol. The molecule has 0 aliphatic heterocycles. The van der Waals surface area contributed by atoms with E-state index >= 15 is 0 Å². The van der Waals surface area contributed by atoms with E-state index in [4.69, 9.17) is 0 Å². The fraction of sp³-hybridized carbons (Fsp3) is 0.353. The van der Waals surface area contributed by atoms with Gasteiger partial charge < -0.3 is 5.32 Å². The van der Waals surface area contributed by atoms with Crippen LogP contribution in [0.25, 0.3) is 0 Å². The Morgan fingerprint density at radius 2 is 1.63 bits per heavy atom. The quantitative estimate of drug-likeness (QED) is 0.896. The van der Waals surface area contributed by atoms with Crippen molar-refractivity contribution in [1.29, 1.82) is 0 Å². The van der Waals surface area contributed by atoms with Gasteiger partial charge >= 0.3 is 0 Å². The van der Waals surface area contributed by atoms with Crippen molar-refractivity contribution in [3.05, 3.63) is 64.5 Å². The van der Waals surface area contributed by atoms with Crippen molar-refractivity contribution in [3.63, 3.8) is 0 Å². The average Bonchev–Trinajstić information content (AvgIpc) is 2.38. The zero-order chi connectivity index (χ0) is 13.8. The molecule has 19 heavy (non-hydrogen) atoms. The standard InChI is InChI=1S/C17H22N2/c1-12-9-13(2)17(14(3)10-12)11-19-15(4)16-5-7-18-8-6-16/h5-10,15,19H,11H2,1-4H3/t15-/m1/s1. The van der Waals surface area contributed by atoms with Crippen molar-refractivity contribution in [3.8, 4) is 0 Å². The van der Waals surface area contributed by atoms with Crippen LogP contribution in [0.4, 0.5) is 0 Å². The van der Waals surface area contributed by atoms with E-state index in [1.165, 1.54) is 27.8 Å². The number of aromatic nitrogens is 1.